The molecule has 1 atom stereocenters. The van der Waals surface area contributed by atoms with Gasteiger partial charge in [0.05, 0.1) is 24.9 Å². The van der Waals surface area contributed by atoms with Crippen molar-refractivity contribution in [3.8, 4) is 0 Å². The standard InChI is InChI=1S/C19H17NO4S/c1-23-19(22)14-8-6-13(7-9-14)18(21)20-12-15(16-4-2-10-24-16)17-5-3-11-25-17/h2-11,15H,12H2,1H3,(H,20,21). The van der Waals surface area contributed by atoms with Crippen molar-refractivity contribution in [1.29, 1.82) is 0 Å². The third-order valence-electron chi connectivity index (χ3n) is 3.81. The van der Waals surface area contributed by atoms with Crippen LogP contribution in [-0.4, -0.2) is 25.5 Å². The lowest BCUT2D eigenvalue weighted by atomic mass is 10.0. The lowest BCUT2D eigenvalue weighted by molar-refractivity contribution is 0.0600. The Balaban J connectivity index is 1.69. The van der Waals surface area contributed by atoms with Gasteiger partial charge in [-0.1, -0.05) is 6.07 Å². The lowest BCUT2D eigenvalue weighted by Gasteiger charge is -2.14. The molecule has 3 rings (SSSR count). The summed E-state index contributed by atoms with van der Waals surface area (Å²) in [6, 6.07) is 14.1. The average Bonchev–Trinajstić information content (AvgIpc) is 3.35. The summed E-state index contributed by atoms with van der Waals surface area (Å²) in [5.74, 6) is 0.143. The summed E-state index contributed by atoms with van der Waals surface area (Å²) in [5, 5.41) is 4.93. The van der Waals surface area contributed by atoms with Crippen LogP contribution in [0.15, 0.2) is 64.6 Å². The first-order valence-electron chi connectivity index (χ1n) is 7.72. The predicted octanol–water partition coefficient (Wildman–Crippen LogP) is 3.69. The van der Waals surface area contributed by atoms with Gasteiger partial charge in [-0.25, -0.2) is 4.79 Å². The maximum Gasteiger partial charge on any atom is 0.337 e. The summed E-state index contributed by atoms with van der Waals surface area (Å²) in [4.78, 5) is 24.9. The molecule has 1 N–H and O–H groups in total. The van der Waals surface area contributed by atoms with Gasteiger partial charge in [0.1, 0.15) is 5.76 Å². The molecule has 1 aromatic carbocycles. The molecule has 2 aromatic heterocycles. The fourth-order valence-corrected chi connectivity index (χ4v) is 3.33. The second-order valence-electron chi connectivity index (χ2n) is 5.36. The van der Waals surface area contributed by atoms with E-state index in [0.29, 0.717) is 17.7 Å². The Morgan fingerprint density at radius 2 is 1.88 bits per heavy atom. The maximum atomic E-state index is 12.4. The minimum atomic E-state index is -0.428. The number of carbonyl (C=O) groups is 2. The van der Waals surface area contributed by atoms with Gasteiger partial charge in [0.15, 0.2) is 0 Å². The van der Waals surface area contributed by atoms with Crippen LogP contribution >= 0.6 is 11.3 Å². The van der Waals surface area contributed by atoms with Gasteiger partial charge in [0.25, 0.3) is 5.91 Å². The van der Waals surface area contributed by atoms with Crippen molar-refractivity contribution in [2.24, 2.45) is 0 Å². The van der Waals surface area contributed by atoms with Crippen LogP contribution in [0.1, 0.15) is 37.3 Å². The Morgan fingerprint density at radius 1 is 1.12 bits per heavy atom. The Hall–Kier alpha value is -2.86. The van der Waals surface area contributed by atoms with Crippen LogP contribution in [0.25, 0.3) is 0 Å². The van der Waals surface area contributed by atoms with Gasteiger partial charge >= 0.3 is 5.97 Å². The molecular formula is C19H17NO4S. The number of hydrogen-bond acceptors (Lipinski definition) is 5. The number of ether oxygens (including phenoxy) is 1. The van der Waals surface area contributed by atoms with Gasteiger partial charge < -0.3 is 14.5 Å². The van der Waals surface area contributed by atoms with E-state index in [1.165, 1.54) is 7.11 Å². The summed E-state index contributed by atoms with van der Waals surface area (Å²) in [6.07, 6.45) is 1.63. The van der Waals surface area contributed by atoms with Gasteiger partial charge in [0, 0.05) is 17.0 Å². The van der Waals surface area contributed by atoms with Gasteiger partial charge in [-0.3, -0.25) is 4.79 Å². The van der Waals surface area contributed by atoms with E-state index < -0.39 is 5.97 Å². The molecule has 0 aliphatic rings. The van der Waals surface area contributed by atoms with Crippen LogP contribution in [0.2, 0.25) is 0 Å². The molecule has 0 aliphatic carbocycles. The summed E-state index contributed by atoms with van der Waals surface area (Å²) in [5.41, 5.74) is 0.892. The summed E-state index contributed by atoms with van der Waals surface area (Å²) in [7, 11) is 1.32. The predicted molar refractivity (Wildman–Crippen MR) is 95.0 cm³/mol. The van der Waals surface area contributed by atoms with Crippen molar-refractivity contribution in [1.82, 2.24) is 5.32 Å². The molecule has 128 valence electrons. The Bertz CT molecular complexity index is 789. The normalized spacial score (nSPS) is 11.7. The van der Waals surface area contributed by atoms with E-state index in [0.717, 1.165) is 10.6 Å². The number of furan rings is 1. The number of carbonyl (C=O) groups excluding carboxylic acids is 2. The van der Waals surface area contributed by atoms with Crippen LogP contribution in [0.4, 0.5) is 0 Å². The molecular weight excluding hydrogens is 338 g/mol. The molecule has 1 amide bonds. The van der Waals surface area contributed by atoms with Crippen LogP contribution in [-0.2, 0) is 4.74 Å². The van der Waals surface area contributed by atoms with Crippen molar-refractivity contribution in [2.75, 3.05) is 13.7 Å². The van der Waals surface area contributed by atoms with Crippen LogP contribution in [0.3, 0.4) is 0 Å². The average molecular weight is 355 g/mol. The molecule has 3 aromatic rings. The fourth-order valence-electron chi connectivity index (χ4n) is 2.49. The molecule has 0 saturated heterocycles. The van der Waals surface area contributed by atoms with Crippen LogP contribution < -0.4 is 5.32 Å². The third kappa shape index (κ3) is 3.97. The highest BCUT2D eigenvalue weighted by atomic mass is 32.1. The summed E-state index contributed by atoms with van der Waals surface area (Å²) >= 11 is 1.62. The fraction of sp³-hybridized carbons (Fsp3) is 0.158. The molecule has 5 nitrogen and oxygen atoms in total. The van der Waals surface area contributed by atoms with E-state index in [2.05, 4.69) is 10.1 Å². The monoisotopic (exact) mass is 355 g/mol. The van der Waals surface area contributed by atoms with E-state index in [-0.39, 0.29) is 11.8 Å². The van der Waals surface area contributed by atoms with Gasteiger partial charge in [-0.05, 0) is 47.8 Å². The number of hydrogen-bond donors (Lipinski definition) is 1. The van der Waals surface area contributed by atoms with E-state index in [1.807, 2.05) is 29.6 Å². The molecule has 1 unspecified atom stereocenters. The highest BCUT2D eigenvalue weighted by Crippen LogP contribution is 2.28. The number of rotatable bonds is 6. The van der Waals surface area contributed by atoms with E-state index in [1.54, 1.807) is 41.9 Å². The molecule has 0 bridgehead atoms. The quantitative estimate of drug-likeness (QED) is 0.685. The molecule has 0 fully saturated rings. The van der Waals surface area contributed by atoms with Crippen molar-refractivity contribution < 1.29 is 18.7 Å². The summed E-state index contributed by atoms with van der Waals surface area (Å²) < 4.78 is 10.2. The van der Waals surface area contributed by atoms with Crippen molar-refractivity contribution >= 4 is 23.2 Å². The molecule has 6 heteroatoms. The van der Waals surface area contributed by atoms with Gasteiger partial charge in [-0.2, -0.15) is 0 Å². The Kier molecular flexibility index (Phi) is 5.30. The zero-order chi connectivity index (χ0) is 17.6. The highest BCUT2D eigenvalue weighted by Gasteiger charge is 2.19. The molecule has 0 saturated carbocycles. The Morgan fingerprint density at radius 3 is 2.48 bits per heavy atom. The number of methoxy groups -OCH3 is 1. The minimum absolute atomic E-state index is 0.0340. The number of benzene rings is 1. The van der Waals surface area contributed by atoms with Gasteiger partial charge in [0.2, 0.25) is 0 Å². The van der Waals surface area contributed by atoms with Crippen LogP contribution in [0.5, 0.6) is 0 Å². The summed E-state index contributed by atoms with van der Waals surface area (Å²) in [6.45, 7) is 0.422. The number of amides is 1. The zero-order valence-corrected chi connectivity index (χ0v) is 14.4. The number of nitrogens with one attached hydrogen (secondary N) is 1. The minimum Gasteiger partial charge on any atom is -0.469 e. The van der Waals surface area contributed by atoms with Crippen molar-refractivity contribution in [2.45, 2.75) is 5.92 Å². The first-order chi connectivity index (χ1) is 12.2. The molecule has 0 aliphatic heterocycles. The van der Waals surface area contributed by atoms with Crippen LogP contribution in [0, 0.1) is 0 Å². The zero-order valence-electron chi connectivity index (χ0n) is 13.6. The number of thiophene rings is 1. The van der Waals surface area contributed by atoms with E-state index in [9.17, 15) is 9.59 Å². The molecule has 2 heterocycles. The maximum absolute atomic E-state index is 12.4. The topological polar surface area (TPSA) is 68.5 Å². The van der Waals surface area contributed by atoms with E-state index in [4.69, 9.17) is 4.42 Å². The third-order valence-corrected chi connectivity index (χ3v) is 4.79. The molecule has 25 heavy (non-hydrogen) atoms. The first kappa shape index (κ1) is 17.0. The second kappa shape index (κ2) is 7.81. The van der Waals surface area contributed by atoms with E-state index >= 15 is 0 Å². The Labute approximate surface area is 149 Å². The smallest absolute Gasteiger partial charge is 0.337 e. The highest BCUT2D eigenvalue weighted by molar-refractivity contribution is 7.10. The molecule has 0 spiro atoms. The SMILES string of the molecule is COC(=O)c1ccc(C(=O)NCC(c2ccco2)c2cccs2)cc1. The lowest BCUT2D eigenvalue weighted by Crippen LogP contribution is -2.28. The number of esters is 1. The van der Waals surface area contributed by atoms with Crippen molar-refractivity contribution in [3.63, 3.8) is 0 Å². The largest absolute Gasteiger partial charge is 0.469 e. The van der Waals surface area contributed by atoms with Crippen molar-refractivity contribution in [3.05, 3.63) is 81.9 Å². The molecule has 0 radical (unpaired) electrons. The second-order valence-corrected chi connectivity index (χ2v) is 6.34. The first-order valence-corrected chi connectivity index (χ1v) is 8.60. The van der Waals surface area contributed by atoms with Gasteiger partial charge in [-0.15, -0.1) is 11.3 Å².